The standard InChI is InChI=1S/C19H17FN4O/c20-18-7-2-1-6-17(18)15-8-9-23(11-15)19(25)14-4-3-5-16(10-14)24-12-21-22-13-24/h1-7,10,12-13,15H,8-9,11H2/t15-/m1/s1. The molecule has 3 aromatic rings. The van der Waals surface area contributed by atoms with Crippen LogP contribution in [0.4, 0.5) is 4.39 Å². The van der Waals surface area contributed by atoms with Gasteiger partial charge in [0.25, 0.3) is 5.91 Å². The quantitative estimate of drug-likeness (QED) is 0.739. The largest absolute Gasteiger partial charge is 0.338 e. The van der Waals surface area contributed by atoms with Crippen LogP contribution in [0.5, 0.6) is 0 Å². The fourth-order valence-electron chi connectivity index (χ4n) is 3.32. The van der Waals surface area contributed by atoms with E-state index in [0.717, 1.165) is 12.1 Å². The molecule has 2 aromatic carbocycles. The van der Waals surface area contributed by atoms with E-state index in [9.17, 15) is 9.18 Å². The zero-order chi connectivity index (χ0) is 17.2. The van der Waals surface area contributed by atoms with Crippen molar-refractivity contribution >= 4 is 5.91 Å². The van der Waals surface area contributed by atoms with Crippen molar-refractivity contribution in [3.63, 3.8) is 0 Å². The molecule has 1 aliphatic rings. The summed E-state index contributed by atoms with van der Waals surface area (Å²) in [5, 5.41) is 7.57. The Morgan fingerprint density at radius 2 is 1.88 bits per heavy atom. The minimum Gasteiger partial charge on any atom is -0.338 e. The highest BCUT2D eigenvalue weighted by molar-refractivity contribution is 5.95. The third-order valence-corrected chi connectivity index (χ3v) is 4.63. The van der Waals surface area contributed by atoms with Gasteiger partial charge in [-0.15, -0.1) is 10.2 Å². The van der Waals surface area contributed by atoms with E-state index in [4.69, 9.17) is 0 Å². The van der Waals surface area contributed by atoms with Crippen LogP contribution < -0.4 is 0 Å². The van der Waals surface area contributed by atoms with Crippen LogP contribution in [0.2, 0.25) is 0 Å². The summed E-state index contributed by atoms with van der Waals surface area (Å²) < 4.78 is 15.7. The number of rotatable bonds is 3. The lowest BCUT2D eigenvalue weighted by Crippen LogP contribution is -2.28. The maximum Gasteiger partial charge on any atom is 0.253 e. The molecule has 0 saturated carbocycles. The molecule has 4 rings (SSSR count). The van der Waals surface area contributed by atoms with Crippen molar-refractivity contribution in [1.29, 1.82) is 0 Å². The molecule has 6 heteroatoms. The fourth-order valence-corrected chi connectivity index (χ4v) is 3.32. The lowest BCUT2D eigenvalue weighted by Gasteiger charge is -2.17. The molecule has 25 heavy (non-hydrogen) atoms. The van der Waals surface area contributed by atoms with E-state index in [-0.39, 0.29) is 17.6 Å². The highest BCUT2D eigenvalue weighted by atomic mass is 19.1. The Morgan fingerprint density at radius 3 is 2.68 bits per heavy atom. The first-order chi connectivity index (χ1) is 12.2. The molecule has 0 spiro atoms. The van der Waals surface area contributed by atoms with Crippen molar-refractivity contribution in [3.8, 4) is 5.69 Å². The molecule has 1 amide bonds. The summed E-state index contributed by atoms with van der Waals surface area (Å²) in [5.74, 6) is -0.184. The van der Waals surface area contributed by atoms with Crippen molar-refractivity contribution in [2.75, 3.05) is 13.1 Å². The van der Waals surface area contributed by atoms with Gasteiger partial charge in [0.1, 0.15) is 18.5 Å². The number of hydrogen-bond acceptors (Lipinski definition) is 3. The zero-order valence-corrected chi connectivity index (χ0v) is 13.5. The number of halogens is 1. The van der Waals surface area contributed by atoms with E-state index in [1.807, 2.05) is 24.3 Å². The smallest absolute Gasteiger partial charge is 0.253 e. The van der Waals surface area contributed by atoms with Crippen LogP contribution in [0.25, 0.3) is 5.69 Å². The molecule has 1 atom stereocenters. The second-order valence-electron chi connectivity index (χ2n) is 6.18. The molecule has 1 fully saturated rings. The molecule has 1 saturated heterocycles. The summed E-state index contributed by atoms with van der Waals surface area (Å²) in [6.45, 7) is 1.17. The summed E-state index contributed by atoms with van der Waals surface area (Å²) in [4.78, 5) is 14.6. The number of carbonyl (C=O) groups is 1. The maximum atomic E-state index is 14.0. The van der Waals surface area contributed by atoms with Gasteiger partial charge in [-0.2, -0.15) is 0 Å². The predicted molar refractivity (Wildman–Crippen MR) is 91.0 cm³/mol. The predicted octanol–water partition coefficient (Wildman–Crippen LogP) is 3.04. The summed E-state index contributed by atoms with van der Waals surface area (Å²) in [7, 11) is 0. The average Bonchev–Trinajstić information content (AvgIpc) is 3.34. The van der Waals surface area contributed by atoms with Crippen molar-refractivity contribution in [3.05, 3.63) is 78.1 Å². The first kappa shape index (κ1) is 15.5. The van der Waals surface area contributed by atoms with Crippen molar-refractivity contribution in [2.24, 2.45) is 0 Å². The second kappa shape index (κ2) is 6.47. The SMILES string of the molecule is O=C(c1cccc(-n2cnnc2)c1)N1CC[C@@H](c2ccccc2F)C1. The Kier molecular flexibility index (Phi) is 4.01. The molecule has 0 unspecified atom stereocenters. The van der Waals surface area contributed by atoms with E-state index in [0.29, 0.717) is 24.2 Å². The highest BCUT2D eigenvalue weighted by Crippen LogP contribution is 2.29. The molecule has 0 N–H and O–H groups in total. The first-order valence-corrected chi connectivity index (χ1v) is 8.21. The van der Waals surface area contributed by atoms with Gasteiger partial charge >= 0.3 is 0 Å². The number of benzene rings is 2. The Balaban J connectivity index is 1.53. The first-order valence-electron chi connectivity index (χ1n) is 8.21. The lowest BCUT2D eigenvalue weighted by atomic mass is 9.98. The monoisotopic (exact) mass is 336 g/mol. The maximum absolute atomic E-state index is 14.0. The van der Waals surface area contributed by atoms with Crippen molar-refractivity contribution in [2.45, 2.75) is 12.3 Å². The minimum absolute atomic E-state index is 0.0336. The molecule has 0 bridgehead atoms. The molecule has 126 valence electrons. The lowest BCUT2D eigenvalue weighted by molar-refractivity contribution is 0.0790. The van der Waals surface area contributed by atoms with Gasteiger partial charge in [0, 0.05) is 30.3 Å². The van der Waals surface area contributed by atoms with Crippen LogP contribution in [-0.4, -0.2) is 38.7 Å². The fraction of sp³-hybridized carbons (Fsp3) is 0.211. The third-order valence-electron chi connectivity index (χ3n) is 4.63. The number of amides is 1. The number of nitrogens with zero attached hydrogens (tertiary/aromatic N) is 4. The van der Waals surface area contributed by atoms with Gasteiger partial charge < -0.3 is 4.90 Å². The Bertz CT molecular complexity index is 894. The van der Waals surface area contributed by atoms with E-state index < -0.39 is 0 Å². The minimum atomic E-state index is -0.198. The zero-order valence-electron chi connectivity index (χ0n) is 13.5. The molecular weight excluding hydrogens is 319 g/mol. The topological polar surface area (TPSA) is 51.0 Å². The van der Waals surface area contributed by atoms with Crippen molar-refractivity contribution in [1.82, 2.24) is 19.7 Å². The van der Waals surface area contributed by atoms with Crippen LogP contribution >= 0.6 is 0 Å². The summed E-state index contributed by atoms with van der Waals surface area (Å²) in [6.07, 6.45) is 3.96. The summed E-state index contributed by atoms with van der Waals surface area (Å²) in [5.41, 5.74) is 2.14. The summed E-state index contributed by atoms with van der Waals surface area (Å²) >= 11 is 0. The van der Waals surface area contributed by atoms with Gasteiger partial charge in [-0.3, -0.25) is 9.36 Å². The van der Waals surface area contributed by atoms with Crippen LogP contribution in [0.15, 0.2) is 61.2 Å². The Morgan fingerprint density at radius 1 is 1.08 bits per heavy atom. The van der Waals surface area contributed by atoms with Gasteiger partial charge in [-0.05, 0) is 36.2 Å². The van der Waals surface area contributed by atoms with Crippen LogP contribution in [0.1, 0.15) is 28.3 Å². The van der Waals surface area contributed by atoms with Crippen LogP contribution in [0.3, 0.4) is 0 Å². The average molecular weight is 336 g/mol. The number of aromatic nitrogens is 3. The number of hydrogen-bond donors (Lipinski definition) is 0. The van der Waals surface area contributed by atoms with E-state index >= 15 is 0 Å². The normalized spacial score (nSPS) is 17.0. The van der Waals surface area contributed by atoms with Gasteiger partial charge in [0.05, 0.1) is 0 Å². The second-order valence-corrected chi connectivity index (χ2v) is 6.18. The Labute approximate surface area is 144 Å². The van der Waals surface area contributed by atoms with Gasteiger partial charge in [-0.1, -0.05) is 24.3 Å². The third kappa shape index (κ3) is 3.03. The van der Waals surface area contributed by atoms with Crippen LogP contribution in [-0.2, 0) is 0 Å². The van der Waals surface area contributed by atoms with E-state index in [1.54, 1.807) is 40.3 Å². The summed E-state index contributed by atoms with van der Waals surface area (Å²) in [6, 6.07) is 14.2. The molecule has 0 radical (unpaired) electrons. The molecule has 5 nitrogen and oxygen atoms in total. The van der Waals surface area contributed by atoms with Gasteiger partial charge in [0.2, 0.25) is 0 Å². The Hall–Kier alpha value is -3.02. The van der Waals surface area contributed by atoms with Crippen LogP contribution in [0, 0.1) is 5.82 Å². The molecular formula is C19H17FN4O. The van der Waals surface area contributed by atoms with Gasteiger partial charge in [0.15, 0.2) is 0 Å². The molecule has 1 aliphatic heterocycles. The highest BCUT2D eigenvalue weighted by Gasteiger charge is 2.29. The molecule has 2 heterocycles. The number of carbonyl (C=O) groups excluding carboxylic acids is 1. The van der Waals surface area contributed by atoms with E-state index in [1.165, 1.54) is 6.07 Å². The molecule has 0 aliphatic carbocycles. The van der Waals surface area contributed by atoms with Crippen molar-refractivity contribution < 1.29 is 9.18 Å². The molecule has 1 aromatic heterocycles. The van der Waals surface area contributed by atoms with Gasteiger partial charge in [-0.25, -0.2) is 4.39 Å². The van der Waals surface area contributed by atoms with E-state index in [2.05, 4.69) is 10.2 Å². The number of likely N-dealkylation sites (tertiary alicyclic amines) is 1.